The molecular weight excluding hydrogens is 316 g/mol. The van der Waals surface area contributed by atoms with Crippen molar-refractivity contribution in [1.29, 1.82) is 0 Å². The van der Waals surface area contributed by atoms with Gasteiger partial charge in [0.05, 0.1) is 11.6 Å². The molecule has 0 spiro atoms. The van der Waals surface area contributed by atoms with Crippen LogP contribution < -0.4 is 4.74 Å². The zero-order valence-corrected chi connectivity index (χ0v) is 13.5. The number of ketones is 1. The van der Waals surface area contributed by atoms with Crippen molar-refractivity contribution in [3.8, 4) is 5.75 Å². The molecule has 0 radical (unpaired) electrons. The molecule has 0 heterocycles. The third-order valence-electron chi connectivity index (χ3n) is 3.33. The molecule has 104 valence electrons. The van der Waals surface area contributed by atoms with E-state index < -0.39 is 0 Å². The number of aryl methyl sites for hydroxylation is 2. The molecule has 0 atom stereocenters. The fraction of sp³-hybridized carbons (Fsp3) is 0.235. The number of methoxy groups -OCH3 is 1. The Morgan fingerprint density at radius 3 is 2.55 bits per heavy atom. The largest absolute Gasteiger partial charge is 0.496 e. The highest BCUT2D eigenvalue weighted by atomic mass is 79.9. The summed E-state index contributed by atoms with van der Waals surface area (Å²) in [5.41, 5.74) is 4.10. The van der Waals surface area contributed by atoms with Crippen LogP contribution in [-0.2, 0) is 6.42 Å². The number of benzene rings is 2. The molecule has 3 heteroatoms. The highest BCUT2D eigenvalue weighted by Gasteiger charge is 2.11. The van der Waals surface area contributed by atoms with Gasteiger partial charge in [0.2, 0.25) is 0 Å². The van der Waals surface area contributed by atoms with Crippen molar-refractivity contribution in [3.05, 3.63) is 63.1 Å². The number of hydrogen-bond acceptors (Lipinski definition) is 2. The Hall–Kier alpha value is -1.61. The average molecular weight is 333 g/mol. The quantitative estimate of drug-likeness (QED) is 0.770. The van der Waals surface area contributed by atoms with E-state index in [9.17, 15) is 4.79 Å². The summed E-state index contributed by atoms with van der Waals surface area (Å²) in [6.45, 7) is 4.07. The molecule has 0 aliphatic heterocycles. The molecule has 0 aliphatic rings. The first-order valence-electron chi connectivity index (χ1n) is 6.44. The first-order chi connectivity index (χ1) is 9.51. The van der Waals surface area contributed by atoms with Gasteiger partial charge in [-0.25, -0.2) is 0 Å². The summed E-state index contributed by atoms with van der Waals surface area (Å²) < 4.78 is 5.97. The zero-order valence-electron chi connectivity index (χ0n) is 11.9. The van der Waals surface area contributed by atoms with Crippen molar-refractivity contribution in [2.24, 2.45) is 0 Å². The van der Waals surface area contributed by atoms with E-state index in [1.807, 2.05) is 19.9 Å². The summed E-state index contributed by atoms with van der Waals surface area (Å²) in [6, 6.07) is 11.6. The highest BCUT2D eigenvalue weighted by Crippen LogP contribution is 2.26. The van der Waals surface area contributed by atoms with Crippen LogP contribution in [0, 0.1) is 13.8 Å². The van der Waals surface area contributed by atoms with Gasteiger partial charge in [-0.05, 0) is 59.1 Å². The first kappa shape index (κ1) is 14.8. The molecule has 2 rings (SSSR count). The van der Waals surface area contributed by atoms with Crippen LogP contribution in [0.4, 0.5) is 0 Å². The van der Waals surface area contributed by atoms with Gasteiger partial charge < -0.3 is 4.74 Å². The van der Waals surface area contributed by atoms with Crippen LogP contribution in [0.5, 0.6) is 5.75 Å². The van der Waals surface area contributed by atoms with E-state index in [-0.39, 0.29) is 5.78 Å². The molecule has 20 heavy (non-hydrogen) atoms. The minimum Gasteiger partial charge on any atom is -0.496 e. The zero-order chi connectivity index (χ0) is 14.7. The standard InChI is InChI=1S/C17H17BrO2/c1-11-4-5-12(2)14(8-11)10-16(19)13-6-7-17(20-3)15(18)9-13/h4-9H,10H2,1-3H3. The van der Waals surface area contributed by atoms with Crippen LogP contribution in [-0.4, -0.2) is 12.9 Å². The minimum atomic E-state index is 0.113. The van der Waals surface area contributed by atoms with Gasteiger partial charge in [0.1, 0.15) is 5.75 Å². The van der Waals surface area contributed by atoms with Crippen molar-refractivity contribution in [2.45, 2.75) is 20.3 Å². The molecule has 0 aromatic heterocycles. The summed E-state index contributed by atoms with van der Waals surface area (Å²) in [6.07, 6.45) is 0.423. The maximum Gasteiger partial charge on any atom is 0.167 e. The van der Waals surface area contributed by atoms with E-state index in [2.05, 4.69) is 34.1 Å². The van der Waals surface area contributed by atoms with E-state index >= 15 is 0 Å². The summed E-state index contributed by atoms with van der Waals surface area (Å²) >= 11 is 3.41. The SMILES string of the molecule is COc1ccc(C(=O)Cc2cc(C)ccc2C)cc1Br. The molecule has 0 saturated heterocycles. The Morgan fingerprint density at radius 2 is 1.90 bits per heavy atom. The van der Waals surface area contributed by atoms with E-state index in [4.69, 9.17) is 4.74 Å². The lowest BCUT2D eigenvalue weighted by Gasteiger charge is -2.08. The second kappa shape index (κ2) is 6.23. The molecule has 0 aliphatic carbocycles. The van der Waals surface area contributed by atoms with Crippen molar-refractivity contribution < 1.29 is 9.53 Å². The number of carbonyl (C=O) groups excluding carboxylic acids is 1. The Kier molecular flexibility index (Phi) is 4.61. The van der Waals surface area contributed by atoms with Crippen LogP contribution in [0.2, 0.25) is 0 Å². The Bertz CT molecular complexity index is 647. The normalized spacial score (nSPS) is 10.4. The summed E-state index contributed by atoms with van der Waals surface area (Å²) in [5, 5.41) is 0. The Labute approximate surface area is 127 Å². The van der Waals surface area contributed by atoms with Gasteiger partial charge in [-0.3, -0.25) is 4.79 Å². The second-order valence-electron chi connectivity index (χ2n) is 4.88. The van der Waals surface area contributed by atoms with E-state index in [1.54, 1.807) is 19.2 Å². The topological polar surface area (TPSA) is 26.3 Å². The van der Waals surface area contributed by atoms with Crippen LogP contribution in [0.3, 0.4) is 0 Å². The smallest absolute Gasteiger partial charge is 0.167 e. The van der Waals surface area contributed by atoms with Gasteiger partial charge in [-0.15, -0.1) is 0 Å². The summed E-state index contributed by atoms with van der Waals surface area (Å²) in [5.74, 6) is 0.843. The monoisotopic (exact) mass is 332 g/mol. The predicted octanol–water partition coefficient (Wildman–Crippen LogP) is 4.50. The van der Waals surface area contributed by atoms with Crippen LogP contribution >= 0.6 is 15.9 Å². The van der Waals surface area contributed by atoms with Crippen LogP contribution in [0.1, 0.15) is 27.0 Å². The lowest BCUT2D eigenvalue weighted by atomic mass is 9.98. The van der Waals surface area contributed by atoms with Gasteiger partial charge >= 0.3 is 0 Å². The Morgan fingerprint density at radius 1 is 1.15 bits per heavy atom. The molecule has 0 bridgehead atoms. The van der Waals surface area contributed by atoms with E-state index in [0.29, 0.717) is 12.0 Å². The molecule has 0 fully saturated rings. The summed E-state index contributed by atoms with van der Waals surface area (Å²) in [7, 11) is 1.61. The number of halogens is 1. The third-order valence-corrected chi connectivity index (χ3v) is 3.95. The lowest BCUT2D eigenvalue weighted by Crippen LogP contribution is -2.05. The van der Waals surface area contributed by atoms with Crippen molar-refractivity contribution in [2.75, 3.05) is 7.11 Å². The summed E-state index contributed by atoms with van der Waals surface area (Å²) in [4.78, 5) is 12.4. The second-order valence-corrected chi connectivity index (χ2v) is 5.73. The van der Waals surface area contributed by atoms with Gasteiger partial charge in [-0.1, -0.05) is 23.8 Å². The number of hydrogen-bond donors (Lipinski definition) is 0. The van der Waals surface area contributed by atoms with Crippen LogP contribution in [0.15, 0.2) is 40.9 Å². The number of carbonyl (C=O) groups is 1. The van der Waals surface area contributed by atoms with Gasteiger partial charge in [0.25, 0.3) is 0 Å². The van der Waals surface area contributed by atoms with E-state index in [1.165, 1.54) is 5.56 Å². The van der Waals surface area contributed by atoms with Gasteiger partial charge in [0.15, 0.2) is 5.78 Å². The number of rotatable bonds is 4. The third kappa shape index (κ3) is 3.28. The number of ether oxygens (including phenoxy) is 1. The molecule has 0 amide bonds. The minimum absolute atomic E-state index is 0.113. The first-order valence-corrected chi connectivity index (χ1v) is 7.23. The Balaban J connectivity index is 2.24. The molecular formula is C17H17BrO2. The van der Waals surface area contributed by atoms with E-state index in [0.717, 1.165) is 21.3 Å². The van der Waals surface area contributed by atoms with Crippen molar-refractivity contribution in [3.63, 3.8) is 0 Å². The molecule has 2 aromatic carbocycles. The predicted molar refractivity (Wildman–Crippen MR) is 84.6 cm³/mol. The molecule has 2 aromatic rings. The maximum atomic E-state index is 12.4. The molecule has 0 unspecified atom stereocenters. The van der Waals surface area contributed by atoms with Crippen molar-refractivity contribution in [1.82, 2.24) is 0 Å². The molecule has 0 N–H and O–H groups in total. The van der Waals surface area contributed by atoms with Gasteiger partial charge in [0, 0.05) is 12.0 Å². The molecule has 0 saturated carbocycles. The molecule has 2 nitrogen and oxygen atoms in total. The highest BCUT2D eigenvalue weighted by molar-refractivity contribution is 9.10. The van der Waals surface area contributed by atoms with Gasteiger partial charge in [-0.2, -0.15) is 0 Å². The van der Waals surface area contributed by atoms with Crippen LogP contribution in [0.25, 0.3) is 0 Å². The fourth-order valence-electron chi connectivity index (χ4n) is 2.11. The average Bonchev–Trinajstić information content (AvgIpc) is 2.42. The number of Topliss-reactive ketones (excluding diaryl/α,β-unsaturated/α-hetero) is 1. The fourth-order valence-corrected chi connectivity index (χ4v) is 2.65. The maximum absolute atomic E-state index is 12.4. The lowest BCUT2D eigenvalue weighted by molar-refractivity contribution is 0.0992. The van der Waals surface area contributed by atoms with Crippen molar-refractivity contribution >= 4 is 21.7 Å².